The molecule has 0 unspecified atom stereocenters. The van der Waals surface area contributed by atoms with Gasteiger partial charge in [0.05, 0.1) is 0 Å². The highest BCUT2D eigenvalue weighted by molar-refractivity contribution is 6.21. The molecule has 2 nitrogen and oxygen atoms in total. The fourth-order valence-electron chi connectivity index (χ4n) is 1.18. The lowest BCUT2D eigenvalue weighted by molar-refractivity contribution is -0.123. The van der Waals surface area contributed by atoms with Crippen molar-refractivity contribution < 1.29 is 4.79 Å². The highest BCUT2D eigenvalue weighted by Crippen LogP contribution is 2.13. The van der Waals surface area contributed by atoms with Gasteiger partial charge >= 0.3 is 0 Å². The van der Waals surface area contributed by atoms with Crippen LogP contribution in [0.25, 0.3) is 0 Å². The first-order valence-corrected chi connectivity index (χ1v) is 4.54. The zero-order chi connectivity index (χ0) is 8.69. The first kappa shape index (κ1) is 10.8. The van der Waals surface area contributed by atoms with Crippen molar-refractivity contribution >= 4 is 17.7 Å². The third kappa shape index (κ3) is 4.25. The maximum absolute atomic E-state index is 11.0. The zero-order valence-corrected chi connectivity index (χ0v) is 7.95. The Morgan fingerprint density at radius 1 is 1.36 bits per heavy atom. The average Bonchev–Trinajstić information content (AvgIpc) is 2.03. The van der Waals surface area contributed by atoms with Gasteiger partial charge in [0.15, 0.2) is 0 Å². The number of hydrogen-bond donors (Lipinski definition) is 1. The molecule has 0 aromatic carbocycles. The SMILES string of the molecule is CCCC(CCC)C(=O)NCl. The Balaban J connectivity index is 3.76. The molecule has 1 amide bonds. The largest absolute Gasteiger partial charge is 0.273 e. The van der Waals surface area contributed by atoms with Gasteiger partial charge in [-0.25, -0.2) is 0 Å². The van der Waals surface area contributed by atoms with Crippen molar-refractivity contribution in [2.75, 3.05) is 0 Å². The summed E-state index contributed by atoms with van der Waals surface area (Å²) in [4.78, 5) is 13.2. The van der Waals surface area contributed by atoms with E-state index in [1.165, 1.54) is 0 Å². The van der Waals surface area contributed by atoms with Crippen LogP contribution >= 0.6 is 11.8 Å². The van der Waals surface area contributed by atoms with Crippen LogP contribution in [0.2, 0.25) is 0 Å². The fourth-order valence-corrected chi connectivity index (χ4v) is 1.33. The predicted octanol–water partition coefficient (Wildman–Crippen LogP) is 2.47. The number of carbonyl (C=O) groups is 1. The van der Waals surface area contributed by atoms with Crippen molar-refractivity contribution in [3.63, 3.8) is 0 Å². The van der Waals surface area contributed by atoms with Crippen LogP contribution in [-0.4, -0.2) is 5.91 Å². The molecule has 0 aliphatic carbocycles. The third-order valence-corrected chi connectivity index (χ3v) is 1.92. The van der Waals surface area contributed by atoms with Crippen LogP contribution in [0.15, 0.2) is 0 Å². The molecule has 0 heterocycles. The Morgan fingerprint density at radius 2 is 1.82 bits per heavy atom. The molecule has 0 aromatic heterocycles. The van der Waals surface area contributed by atoms with Crippen LogP contribution in [0.5, 0.6) is 0 Å². The van der Waals surface area contributed by atoms with Crippen LogP contribution in [0, 0.1) is 5.92 Å². The van der Waals surface area contributed by atoms with Gasteiger partial charge in [-0.3, -0.25) is 9.63 Å². The minimum atomic E-state index is -0.0321. The molecule has 0 saturated carbocycles. The number of nitrogens with one attached hydrogen (secondary N) is 1. The van der Waals surface area contributed by atoms with Crippen molar-refractivity contribution in [2.24, 2.45) is 5.92 Å². The molecule has 0 radical (unpaired) electrons. The molecule has 3 heteroatoms. The van der Waals surface area contributed by atoms with Gasteiger partial charge < -0.3 is 0 Å². The van der Waals surface area contributed by atoms with Crippen molar-refractivity contribution in [3.8, 4) is 0 Å². The Morgan fingerprint density at radius 3 is 2.09 bits per heavy atom. The Labute approximate surface area is 73.4 Å². The first-order valence-electron chi connectivity index (χ1n) is 4.16. The van der Waals surface area contributed by atoms with Crippen molar-refractivity contribution in [3.05, 3.63) is 0 Å². The van der Waals surface area contributed by atoms with E-state index in [0.717, 1.165) is 25.7 Å². The molecule has 0 bridgehead atoms. The molecule has 0 rings (SSSR count). The highest BCUT2D eigenvalue weighted by atomic mass is 35.5. The maximum atomic E-state index is 11.0. The minimum Gasteiger partial charge on any atom is -0.273 e. The van der Waals surface area contributed by atoms with E-state index in [4.69, 9.17) is 11.8 Å². The van der Waals surface area contributed by atoms with Crippen molar-refractivity contribution in [1.82, 2.24) is 4.84 Å². The molecule has 0 aliphatic rings. The molecule has 11 heavy (non-hydrogen) atoms. The predicted molar refractivity (Wildman–Crippen MR) is 47.3 cm³/mol. The Hall–Kier alpha value is -0.240. The van der Waals surface area contributed by atoms with Gasteiger partial charge in [0.2, 0.25) is 5.91 Å². The van der Waals surface area contributed by atoms with E-state index < -0.39 is 0 Å². The van der Waals surface area contributed by atoms with E-state index >= 15 is 0 Å². The summed E-state index contributed by atoms with van der Waals surface area (Å²) in [6, 6.07) is 0. The van der Waals surface area contributed by atoms with Gasteiger partial charge in [0, 0.05) is 17.7 Å². The molecule has 1 N–H and O–H groups in total. The van der Waals surface area contributed by atoms with Crippen LogP contribution in [0.3, 0.4) is 0 Å². The second kappa shape index (κ2) is 6.47. The van der Waals surface area contributed by atoms with Gasteiger partial charge in [-0.1, -0.05) is 26.7 Å². The average molecular weight is 178 g/mol. The molecular formula is C8H16ClNO. The Kier molecular flexibility index (Phi) is 6.33. The molecule has 0 saturated heterocycles. The number of halogens is 1. The molecule has 66 valence electrons. The van der Waals surface area contributed by atoms with Crippen molar-refractivity contribution in [2.45, 2.75) is 39.5 Å². The molecule has 0 aromatic rings. The topological polar surface area (TPSA) is 29.1 Å². The summed E-state index contributed by atoms with van der Waals surface area (Å²) in [6.07, 6.45) is 3.95. The van der Waals surface area contributed by atoms with E-state index in [1.807, 2.05) is 0 Å². The highest BCUT2D eigenvalue weighted by Gasteiger charge is 2.14. The lowest BCUT2D eigenvalue weighted by atomic mass is 9.98. The van der Waals surface area contributed by atoms with Crippen molar-refractivity contribution in [1.29, 1.82) is 0 Å². The summed E-state index contributed by atoms with van der Waals surface area (Å²) >= 11 is 5.22. The minimum absolute atomic E-state index is 0.0321. The van der Waals surface area contributed by atoms with Crippen LogP contribution in [0.4, 0.5) is 0 Å². The van der Waals surface area contributed by atoms with Crippen LogP contribution < -0.4 is 4.84 Å². The third-order valence-electron chi connectivity index (χ3n) is 1.74. The smallest absolute Gasteiger partial charge is 0.237 e. The lowest BCUT2D eigenvalue weighted by Crippen LogP contribution is -2.23. The molecule has 0 fully saturated rings. The van der Waals surface area contributed by atoms with Crippen LogP contribution in [0.1, 0.15) is 39.5 Å². The number of carbonyl (C=O) groups excluding carboxylic acids is 1. The first-order chi connectivity index (χ1) is 5.26. The standard InChI is InChI=1S/C8H16ClNO/c1-3-5-7(6-4-2)8(11)10-9/h7H,3-6H2,1-2H3,(H,10,11). The van der Waals surface area contributed by atoms with E-state index in [1.54, 1.807) is 0 Å². The number of rotatable bonds is 5. The lowest BCUT2D eigenvalue weighted by Gasteiger charge is -2.11. The summed E-state index contributed by atoms with van der Waals surface area (Å²) in [5.74, 6) is 0.0814. The summed E-state index contributed by atoms with van der Waals surface area (Å²) in [6.45, 7) is 4.15. The molecule has 0 aliphatic heterocycles. The second-order valence-electron chi connectivity index (χ2n) is 2.73. The maximum Gasteiger partial charge on any atom is 0.237 e. The quantitative estimate of drug-likeness (QED) is 0.643. The Bertz CT molecular complexity index is 111. The molecule has 0 atom stereocenters. The van der Waals surface area contributed by atoms with E-state index in [-0.39, 0.29) is 11.8 Å². The molecular weight excluding hydrogens is 162 g/mol. The van der Waals surface area contributed by atoms with Gasteiger partial charge in [-0.15, -0.1) is 0 Å². The number of amides is 1. The van der Waals surface area contributed by atoms with E-state index in [9.17, 15) is 4.79 Å². The summed E-state index contributed by atoms with van der Waals surface area (Å²) in [7, 11) is 0. The second-order valence-corrected chi connectivity index (χ2v) is 2.92. The van der Waals surface area contributed by atoms with Crippen LogP contribution in [-0.2, 0) is 4.79 Å². The fraction of sp³-hybridized carbons (Fsp3) is 0.875. The van der Waals surface area contributed by atoms with Gasteiger partial charge in [0.1, 0.15) is 0 Å². The van der Waals surface area contributed by atoms with E-state index in [2.05, 4.69) is 18.7 Å². The van der Waals surface area contributed by atoms with Gasteiger partial charge in [-0.05, 0) is 12.8 Å². The summed E-state index contributed by atoms with van der Waals surface area (Å²) in [5.41, 5.74) is 0. The zero-order valence-electron chi connectivity index (χ0n) is 7.19. The summed E-state index contributed by atoms with van der Waals surface area (Å²) < 4.78 is 0. The monoisotopic (exact) mass is 177 g/mol. The van der Waals surface area contributed by atoms with E-state index in [0.29, 0.717) is 0 Å². The van der Waals surface area contributed by atoms with Gasteiger partial charge in [-0.2, -0.15) is 0 Å². The molecule has 0 spiro atoms. The summed E-state index contributed by atoms with van der Waals surface area (Å²) in [5, 5.41) is 0. The normalized spacial score (nSPS) is 10.2. The number of hydrogen-bond acceptors (Lipinski definition) is 1. The van der Waals surface area contributed by atoms with Gasteiger partial charge in [0.25, 0.3) is 0 Å².